The van der Waals surface area contributed by atoms with Crippen molar-refractivity contribution in [2.45, 2.75) is 19.3 Å². The molecule has 1 aromatic carbocycles. The zero-order chi connectivity index (χ0) is 12.5. The lowest BCUT2D eigenvalue weighted by molar-refractivity contribution is 0.358. The van der Waals surface area contributed by atoms with E-state index >= 15 is 0 Å². The van der Waals surface area contributed by atoms with Gasteiger partial charge in [0.25, 0.3) is 0 Å². The van der Waals surface area contributed by atoms with Gasteiger partial charge in [-0.1, -0.05) is 42.5 Å². The fourth-order valence-electron chi connectivity index (χ4n) is 2.36. The summed E-state index contributed by atoms with van der Waals surface area (Å²) in [7, 11) is 0. The van der Waals surface area contributed by atoms with E-state index in [1.165, 1.54) is 38.0 Å². The molecule has 0 aromatic heterocycles. The molecule has 0 spiro atoms. The average molecular weight is 281 g/mol. The second-order valence-electron chi connectivity index (χ2n) is 5.00. The third-order valence-electron chi connectivity index (χ3n) is 3.49. The maximum atomic E-state index is 3.56. The summed E-state index contributed by atoms with van der Waals surface area (Å²) in [6, 6.07) is 10.5. The van der Waals surface area contributed by atoms with Gasteiger partial charge in [0.2, 0.25) is 0 Å². The quantitative estimate of drug-likeness (QED) is 0.783. The van der Waals surface area contributed by atoms with Gasteiger partial charge in [0.1, 0.15) is 0 Å². The summed E-state index contributed by atoms with van der Waals surface area (Å²) in [6.07, 6.45) is 8.22. The Kier molecular flexibility index (Phi) is 8.55. The first-order chi connectivity index (χ1) is 8.95. The summed E-state index contributed by atoms with van der Waals surface area (Å²) >= 11 is 0. The molecule has 0 radical (unpaired) electrons. The summed E-state index contributed by atoms with van der Waals surface area (Å²) in [5, 5.41) is 6.97. The lowest BCUT2D eigenvalue weighted by Crippen LogP contribution is -2.33. The van der Waals surface area contributed by atoms with E-state index in [1.54, 1.807) is 0 Å². The molecule has 0 atom stereocenters. The molecule has 1 aliphatic rings. The van der Waals surface area contributed by atoms with Crippen LogP contribution < -0.4 is 10.6 Å². The Balaban J connectivity index is 0.00000180. The van der Waals surface area contributed by atoms with Gasteiger partial charge < -0.3 is 10.6 Å². The normalized spacial score (nSPS) is 16.4. The van der Waals surface area contributed by atoms with Crippen molar-refractivity contribution in [1.82, 2.24) is 10.6 Å². The van der Waals surface area contributed by atoms with Crippen molar-refractivity contribution in [2.75, 3.05) is 26.2 Å². The van der Waals surface area contributed by atoms with E-state index in [0.717, 1.165) is 18.9 Å². The minimum Gasteiger partial charge on any atom is -0.317 e. The zero-order valence-electron chi connectivity index (χ0n) is 11.5. The lowest BCUT2D eigenvalue weighted by atomic mass is 9.98. The first-order valence-electron chi connectivity index (χ1n) is 7.08. The van der Waals surface area contributed by atoms with Gasteiger partial charge in [-0.25, -0.2) is 0 Å². The van der Waals surface area contributed by atoms with Gasteiger partial charge in [-0.15, -0.1) is 12.4 Å². The largest absolute Gasteiger partial charge is 0.317 e. The van der Waals surface area contributed by atoms with Crippen molar-refractivity contribution >= 4 is 18.5 Å². The third kappa shape index (κ3) is 6.76. The van der Waals surface area contributed by atoms with Crippen molar-refractivity contribution in [2.24, 2.45) is 5.92 Å². The summed E-state index contributed by atoms with van der Waals surface area (Å²) in [5.41, 5.74) is 1.29. The topological polar surface area (TPSA) is 24.1 Å². The Morgan fingerprint density at radius 3 is 2.63 bits per heavy atom. The molecule has 1 saturated heterocycles. The standard InChI is InChI=1S/C16H24N2.ClH/c1-2-6-15(7-3-1)8-4-5-11-18-14-16-9-12-17-13-10-16;/h1-4,6-8,16-18H,5,9-14H2;1H. The molecule has 1 fully saturated rings. The highest BCUT2D eigenvalue weighted by Gasteiger charge is 2.11. The van der Waals surface area contributed by atoms with Crippen LogP contribution in [0.25, 0.3) is 6.08 Å². The third-order valence-corrected chi connectivity index (χ3v) is 3.49. The van der Waals surface area contributed by atoms with Gasteiger partial charge in [-0.05, 0) is 56.9 Å². The predicted octanol–water partition coefficient (Wildman–Crippen LogP) is 3.10. The van der Waals surface area contributed by atoms with Crippen molar-refractivity contribution in [3.8, 4) is 0 Å². The second-order valence-corrected chi connectivity index (χ2v) is 5.00. The van der Waals surface area contributed by atoms with Crippen LogP contribution in [-0.2, 0) is 0 Å². The molecular weight excluding hydrogens is 256 g/mol. The highest BCUT2D eigenvalue weighted by Crippen LogP contribution is 2.09. The minimum absolute atomic E-state index is 0. The molecule has 1 aromatic rings. The molecule has 2 N–H and O–H groups in total. The van der Waals surface area contributed by atoms with E-state index in [4.69, 9.17) is 0 Å². The number of hydrogen-bond acceptors (Lipinski definition) is 2. The van der Waals surface area contributed by atoms with Gasteiger partial charge >= 0.3 is 0 Å². The van der Waals surface area contributed by atoms with Gasteiger partial charge in [-0.3, -0.25) is 0 Å². The van der Waals surface area contributed by atoms with Crippen molar-refractivity contribution < 1.29 is 0 Å². The zero-order valence-corrected chi connectivity index (χ0v) is 12.3. The van der Waals surface area contributed by atoms with E-state index in [1.807, 2.05) is 0 Å². The molecule has 0 unspecified atom stereocenters. The fraction of sp³-hybridized carbons (Fsp3) is 0.500. The molecule has 3 heteroatoms. The van der Waals surface area contributed by atoms with E-state index in [-0.39, 0.29) is 12.4 Å². The van der Waals surface area contributed by atoms with Gasteiger partial charge in [0.15, 0.2) is 0 Å². The van der Waals surface area contributed by atoms with Crippen LogP contribution in [0.15, 0.2) is 36.4 Å². The SMILES string of the molecule is C(=Cc1ccccc1)CCNCC1CCNCC1.Cl. The number of piperidine rings is 1. The molecule has 2 rings (SSSR count). The van der Waals surface area contributed by atoms with Crippen LogP contribution in [0.2, 0.25) is 0 Å². The maximum Gasteiger partial charge on any atom is -0.00140 e. The van der Waals surface area contributed by atoms with E-state index in [9.17, 15) is 0 Å². The van der Waals surface area contributed by atoms with Gasteiger partial charge in [0, 0.05) is 0 Å². The molecule has 0 amide bonds. The van der Waals surface area contributed by atoms with Crippen LogP contribution in [0.4, 0.5) is 0 Å². The second kappa shape index (κ2) is 10.0. The van der Waals surface area contributed by atoms with Crippen LogP contribution in [0.5, 0.6) is 0 Å². The van der Waals surface area contributed by atoms with Crippen LogP contribution in [0.1, 0.15) is 24.8 Å². The van der Waals surface area contributed by atoms with E-state index < -0.39 is 0 Å². The molecule has 0 saturated carbocycles. The van der Waals surface area contributed by atoms with E-state index in [0.29, 0.717) is 0 Å². The molecule has 2 nitrogen and oxygen atoms in total. The molecule has 0 aliphatic carbocycles. The molecule has 0 bridgehead atoms. The first-order valence-corrected chi connectivity index (χ1v) is 7.08. The summed E-state index contributed by atoms with van der Waals surface area (Å²) < 4.78 is 0. The van der Waals surface area contributed by atoms with Gasteiger partial charge in [-0.2, -0.15) is 0 Å². The highest BCUT2D eigenvalue weighted by atomic mass is 35.5. The Morgan fingerprint density at radius 1 is 1.16 bits per heavy atom. The van der Waals surface area contributed by atoms with Crippen molar-refractivity contribution in [3.63, 3.8) is 0 Å². The minimum atomic E-state index is 0. The summed E-state index contributed by atoms with van der Waals surface area (Å²) in [4.78, 5) is 0. The van der Waals surface area contributed by atoms with Crippen LogP contribution in [0.3, 0.4) is 0 Å². The number of rotatable bonds is 6. The summed E-state index contributed by atoms with van der Waals surface area (Å²) in [5.74, 6) is 0.879. The smallest absolute Gasteiger partial charge is 0.00140 e. The number of benzene rings is 1. The van der Waals surface area contributed by atoms with E-state index in [2.05, 4.69) is 53.1 Å². The molecule has 19 heavy (non-hydrogen) atoms. The highest BCUT2D eigenvalue weighted by molar-refractivity contribution is 5.85. The Bertz CT molecular complexity index is 345. The number of hydrogen-bond donors (Lipinski definition) is 2. The predicted molar refractivity (Wildman–Crippen MR) is 85.8 cm³/mol. The van der Waals surface area contributed by atoms with Crippen molar-refractivity contribution in [1.29, 1.82) is 0 Å². The monoisotopic (exact) mass is 280 g/mol. The molecular formula is C16H25ClN2. The van der Waals surface area contributed by atoms with Crippen molar-refractivity contribution in [3.05, 3.63) is 42.0 Å². The lowest BCUT2D eigenvalue weighted by Gasteiger charge is -2.22. The Hall–Kier alpha value is -0.830. The average Bonchev–Trinajstić information content (AvgIpc) is 2.45. The first kappa shape index (κ1) is 16.2. The molecule has 1 aliphatic heterocycles. The number of nitrogens with one attached hydrogen (secondary N) is 2. The maximum absolute atomic E-state index is 3.56. The summed E-state index contributed by atoms with van der Waals surface area (Å²) in [6.45, 7) is 4.66. The molecule has 1 heterocycles. The fourth-order valence-corrected chi connectivity index (χ4v) is 2.36. The van der Waals surface area contributed by atoms with Crippen LogP contribution in [0, 0.1) is 5.92 Å². The van der Waals surface area contributed by atoms with Crippen LogP contribution in [-0.4, -0.2) is 26.2 Å². The van der Waals surface area contributed by atoms with Crippen LogP contribution >= 0.6 is 12.4 Å². The Morgan fingerprint density at radius 2 is 1.89 bits per heavy atom. The van der Waals surface area contributed by atoms with Gasteiger partial charge in [0.05, 0.1) is 0 Å². The Labute approximate surface area is 123 Å². The number of halogens is 1. The molecule has 106 valence electrons.